The van der Waals surface area contributed by atoms with E-state index in [0.29, 0.717) is 17.4 Å². The van der Waals surface area contributed by atoms with E-state index < -0.39 is 0 Å². The van der Waals surface area contributed by atoms with Gasteiger partial charge in [0.15, 0.2) is 0 Å². The van der Waals surface area contributed by atoms with E-state index in [-0.39, 0.29) is 5.60 Å². The van der Waals surface area contributed by atoms with E-state index in [9.17, 15) is 0 Å². The summed E-state index contributed by atoms with van der Waals surface area (Å²) in [4.78, 5) is 0. The van der Waals surface area contributed by atoms with Crippen LogP contribution in [0, 0.1) is 11.3 Å². The molecular weight excluding hydrogens is 272 g/mol. The van der Waals surface area contributed by atoms with Crippen LogP contribution in [0.25, 0.3) is 0 Å². The highest BCUT2D eigenvalue weighted by Gasteiger charge is 2.38. The molecule has 2 nitrogen and oxygen atoms in total. The van der Waals surface area contributed by atoms with Crippen LogP contribution in [0.5, 0.6) is 0 Å². The molecule has 1 fully saturated rings. The van der Waals surface area contributed by atoms with Crippen molar-refractivity contribution in [3.63, 3.8) is 0 Å². The Hall–Kier alpha value is -0.0800. The van der Waals surface area contributed by atoms with Crippen molar-refractivity contribution in [2.45, 2.75) is 105 Å². The molecule has 0 saturated carbocycles. The van der Waals surface area contributed by atoms with Gasteiger partial charge in [-0.25, -0.2) is 0 Å². The highest BCUT2D eigenvalue weighted by Crippen LogP contribution is 2.40. The molecule has 132 valence electrons. The third-order valence-corrected chi connectivity index (χ3v) is 5.05. The molecule has 0 aromatic rings. The van der Waals surface area contributed by atoms with E-state index in [1.165, 1.54) is 44.9 Å². The van der Waals surface area contributed by atoms with Crippen LogP contribution < -0.4 is 0 Å². The Labute approximate surface area is 139 Å². The maximum atomic E-state index is 6.28. The van der Waals surface area contributed by atoms with Gasteiger partial charge in [-0.05, 0) is 38.0 Å². The van der Waals surface area contributed by atoms with E-state index >= 15 is 0 Å². The van der Waals surface area contributed by atoms with Crippen molar-refractivity contribution in [1.82, 2.24) is 0 Å². The zero-order valence-electron chi connectivity index (χ0n) is 16.0. The molecule has 0 aromatic carbocycles. The van der Waals surface area contributed by atoms with Gasteiger partial charge in [0, 0.05) is 6.61 Å². The molecular formula is C20H40O2. The molecule has 0 aromatic heterocycles. The predicted molar refractivity (Wildman–Crippen MR) is 95.3 cm³/mol. The number of unbranched alkanes of at least 4 members (excludes halogenated alkanes) is 5. The Morgan fingerprint density at radius 2 is 1.59 bits per heavy atom. The van der Waals surface area contributed by atoms with Crippen LogP contribution in [-0.2, 0) is 9.47 Å². The summed E-state index contributed by atoms with van der Waals surface area (Å²) in [5, 5.41) is 0. The quantitative estimate of drug-likeness (QED) is 0.326. The first-order valence-electron chi connectivity index (χ1n) is 9.53. The highest BCUT2D eigenvalue weighted by atomic mass is 16.6. The van der Waals surface area contributed by atoms with Crippen LogP contribution in [0.2, 0.25) is 0 Å². The second kappa shape index (κ2) is 9.27. The second-order valence-electron chi connectivity index (χ2n) is 8.67. The van der Waals surface area contributed by atoms with Crippen molar-refractivity contribution in [3.05, 3.63) is 0 Å². The molecule has 2 atom stereocenters. The number of hydrogen-bond donors (Lipinski definition) is 0. The van der Waals surface area contributed by atoms with Gasteiger partial charge in [-0.3, -0.25) is 0 Å². The smallest absolute Gasteiger partial charge is 0.0831 e. The van der Waals surface area contributed by atoms with E-state index in [1.54, 1.807) is 0 Å². The van der Waals surface area contributed by atoms with Gasteiger partial charge in [-0.1, -0.05) is 66.2 Å². The summed E-state index contributed by atoms with van der Waals surface area (Å²) in [6.45, 7) is 15.7. The Kier molecular flexibility index (Phi) is 8.42. The summed E-state index contributed by atoms with van der Waals surface area (Å²) in [6, 6.07) is 0. The maximum absolute atomic E-state index is 6.28. The Morgan fingerprint density at radius 1 is 1.00 bits per heavy atom. The minimum atomic E-state index is -0.0451. The van der Waals surface area contributed by atoms with Crippen molar-refractivity contribution >= 4 is 0 Å². The Bertz CT molecular complexity index is 287. The molecule has 1 aliphatic rings. The first-order chi connectivity index (χ1) is 10.3. The molecule has 0 radical (unpaired) electrons. The minimum absolute atomic E-state index is 0.0451. The summed E-state index contributed by atoms with van der Waals surface area (Å²) in [7, 11) is 0. The van der Waals surface area contributed by atoms with Crippen molar-refractivity contribution in [2.75, 3.05) is 13.2 Å². The lowest BCUT2D eigenvalue weighted by Gasteiger charge is -2.43. The van der Waals surface area contributed by atoms with Gasteiger partial charge in [0.1, 0.15) is 0 Å². The normalized spacial score (nSPS) is 20.2. The Morgan fingerprint density at radius 3 is 2.14 bits per heavy atom. The SMILES string of the molecule is CCCCCCCCC(C(C)(C)C)C(C)(C)OCCC1CO1. The predicted octanol–water partition coefficient (Wildman–Crippen LogP) is 5.98. The number of ether oxygens (including phenoxy) is 2. The third-order valence-electron chi connectivity index (χ3n) is 5.05. The van der Waals surface area contributed by atoms with E-state index in [0.717, 1.165) is 19.6 Å². The lowest BCUT2D eigenvalue weighted by Crippen LogP contribution is -2.42. The summed E-state index contributed by atoms with van der Waals surface area (Å²) in [5.41, 5.74) is 0.250. The lowest BCUT2D eigenvalue weighted by molar-refractivity contribution is -0.0968. The van der Waals surface area contributed by atoms with Gasteiger partial charge < -0.3 is 9.47 Å². The summed E-state index contributed by atoms with van der Waals surface area (Å²) < 4.78 is 11.6. The molecule has 2 heteroatoms. The lowest BCUT2D eigenvalue weighted by atomic mass is 9.69. The molecule has 2 unspecified atom stereocenters. The van der Waals surface area contributed by atoms with Crippen LogP contribution in [0.15, 0.2) is 0 Å². The number of hydrogen-bond acceptors (Lipinski definition) is 2. The maximum Gasteiger partial charge on any atom is 0.0831 e. The first-order valence-corrected chi connectivity index (χ1v) is 9.53. The molecule has 0 bridgehead atoms. The average molecular weight is 313 g/mol. The van der Waals surface area contributed by atoms with Crippen LogP contribution in [0.3, 0.4) is 0 Å². The molecule has 0 spiro atoms. The van der Waals surface area contributed by atoms with E-state index in [2.05, 4.69) is 41.5 Å². The van der Waals surface area contributed by atoms with Crippen molar-refractivity contribution in [2.24, 2.45) is 11.3 Å². The highest BCUT2D eigenvalue weighted by molar-refractivity contribution is 4.88. The molecule has 1 rings (SSSR count). The van der Waals surface area contributed by atoms with E-state index in [1.807, 2.05) is 0 Å². The standard InChI is InChI=1S/C20H40O2/c1-7-8-9-10-11-12-13-18(19(2,3)4)20(5,6)22-15-14-17-16-21-17/h17-18H,7-16H2,1-6H3. The second-order valence-corrected chi connectivity index (χ2v) is 8.67. The monoisotopic (exact) mass is 312 g/mol. The van der Waals surface area contributed by atoms with Crippen LogP contribution in [0.1, 0.15) is 92.9 Å². The molecule has 22 heavy (non-hydrogen) atoms. The number of rotatable bonds is 12. The van der Waals surface area contributed by atoms with Crippen molar-refractivity contribution < 1.29 is 9.47 Å². The summed E-state index contributed by atoms with van der Waals surface area (Å²) in [5.74, 6) is 0.603. The third kappa shape index (κ3) is 7.97. The minimum Gasteiger partial charge on any atom is -0.375 e. The zero-order chi connectivity index (χ0) is 16.6. The molecule has 1 heterocycles. The van der Waals surface area contributed by atoms with Crippen LogP contribution >= 0.6 is 0 Å². The van der Waals surface area contributed by atoms with Gasteiger partial charge in [-0.2, -0.15) is 0 Å². The van der Waals surface area contributed by atoms with Gasteiger partial charge in [0.2, 0.25) is 0 Å². The van der Waals surface area contributed by atoms with E-state index in [4.69, 9.17) is 9.47 Å². The first kappa shape index (κ1) is 20.0. The summed E-state index contributed by atoms with van der Waals surface area (Å²) >= 11 is 0. The average Bonchev–Trinajstić information content (AvgIpc) is 3.19. The zero-order valence-corrected chi connectivity index (χ0v) is 16.0. The van der Waals surface area contributed by atoms with Crippen molar-refractivity contribution in [1.29, 1.82) is 0 Å². The van der Waals surface area contributed by atoms with Crippen LogP contribution in [-0.4, -0.2) is 24.9 Å². The molecule has 0 amide bonds. The topological polar surface area (TPSA) is 21.8 Å². The van der Waals surface area contributed by atoms with Gasteiger partial charge in [-0.15, -0.1) is 0 Å². The molecule has 1 aliphatic heterocycles. The fraction of sp³-hybridized carbons (Fsp3) is 1.00. The van der Waals surface area contributed by atoms with Crippen molar-refractivity contribution in [3.8, 4) is 0 Å². The van der Waals surface area contributed by atoms with Crippen LogP contribution in [0.4, 0.5) is 0 Å². The summed E-state index contributed by atoms with van der Waals surface area (Å²) in [6.07, 6.45) is 11.0. The molecule has 0 aliphatic carbocycles. The van der Waals surface area contributed by atoms with Gasteiger partial charge in [0.25, 0.3) is 0 Å². The fourth-order valence-corrected chi connectivity index (χ4v) is 3.74. The van der Waals surface area contributed by atoms with Gasteiger partial charge in [0.05, 0.1) is 18.3 Å². The largest absolute Gasteiger partial charge is 0.375 e. The Balaban J connectivity index is 2.36. The van der Waals surface area contributed by atoms with Gasteiger partial charge >= 0.3 is 0 Å². The molecule has 1 saturated heterocycles. The number of epoxide rings is 1. The fourth-order valence-electron chi connectivity index (χ4n) is 3.74. The molecule has 0 N–H and O–H groups in total.